The standard InChI is InChI=1S/C25H36O5/c1-16(2)20-12-7-17(3)13-21(20)30-23(27)25(22(26)24(25,4)5)15-29-14-18-8-10-19(28-6)11-9-18/h8-11,16-17,20-21H,7,12-15H2,1-6H3. The number of carbonyl (C=O) groups excluding carboxylic acids is 2. The van der Waals surface area contributed by atoms with Crippen LogP contribution < -0.4 is 4.74 Å². The van der Waals surface area contributed by atoms with E-state index in [0.29, 0.717) is 24.4 Å². The number of hydrogen-bond donors (Lipinski definition) is 0. The third-order valence-corrected chi connectivity index (χ3v) is 7.27. The molecule has 3 rings (SSSR count). The van der Waals surface area contributed by atoms with Crippen LogP contribution in [0.15, 0.2) is 24.3 Å². The van der Waals surface area contributed by atoms with Crippen molar-refractivity contribution < 1.29 is 23.8 Å². The highest BCUT2D eigenvalue weighted by Crippen LogP contribution is 2.60. The molecule has 0 radical (unpaired) electrons. The zero-order valence-corrected chi connectivity index (χ0v) is 19.2. The Morgan fingerprint density at radius 1 is 1.17 bits per heavy atom. The van der Waals surface area contributed by atoms with E-state index in [4.69, 9.17) is 14.2 Å². The topological polar surface area (TPSA) is 61.8 Å². The Morgan fingerprint density at radius 2 is 1.80 bits per heavy atom. The molecule has 4 unspecified atom stereocenters. The molecule has 0 aliphatic heterocycles. The van der Waals surface area contributed by atoms with E-state index >= 15 is 0 Å². The van der Waals surface area contributed by atoms with Gasteiger partial charge in [0.1, 0.15) is 11.9 Å². The van der Waals surface area contributed by atoms with Gasteiger partial charge in [0.15, 0.2) is 11.2 Å². The predicted molar refractivity (Wildman–Crippen MR) is 115 cm³/mol. The molecule has 2 fully saturated rings. The fourth-order valence-electron chi connectivity index (χ4n) is 4.88. The molecular weight excluding hydrogens is 380 g/mol. The molecule has 1 aromatic rings. The van der Waals surface area contributed by atoms with Crippen molar-refractivity contribution >= 4 is 11.8 Å². The van der Waals surface area contributed by atoms with Crippen LogP contribution in [0.5, 0.6) is 5.75 Å². The van der Waals surface area contributed by atoms with Gasteiger partial charge in [-0.15, -0.1) is 0 Å². The van der Waals surface area contributed by atoms with Gasteiger partial charge in [0.05, 0.1) is 25.7 Å². The van der Waals surface area contributed by atoms with Gasteiger partial charge in [-0.05, 0) is 48.3 Å². The minimum absolute atomic E-state index is 0.0539. The summed E-state index contributed by atoms with van der Waals surface area (Å²) in [6.45, 7) is 10.6. The number of hydrogen-bond acceptors (Lipinski definition) is 5. The molecule has 0 heterocycles. The van der Waals surface area contributed by atoms with Crippen LogP contribution in [0.4, 0.5) is 0 Å². The maximum atomic E-state index is 13.3. The smallest absolute Gasteiger partial charge is 0.323 e. The van der Waals surface area contributed by atoms with E-state index in [1.54, 1.807) is 7.11 Å². The Bertz CT molecular complexity index is 766. The molecule has 5 heteroatoms. The zero-order chi connectivity index (χ0) is 22.1. The maximum absolute atomic E-state index is 13.3. The van der Waals surface area contributed by atoms with Gasteiger partial charge in [0, 0.05) is 0 Å². The molecule has 4 atom stereocenters. The fraction of sp³-hybridized carbons (Fsp3) is 0.680. The molecule has 0 N–H and O–H groups in total. The number of ketones is 1. The highest BCUT2D eigenvalue weighted by molar-refractivity contribution is 6.22. The fourth-order valence-corrected chi connectivity index (χ4v) is 4.88. The molecule has 2 aliphatic carbocycles. The van der Waals surface area contributed by atoms with E-state index in [2.05, 4.69) is 20.8 Å². The van der Waals surface area contributed by atoms with Crippen molar-refractivity contribution in [3.63, 3.8) is 0 Å². The first-order valence-electron chi connectivity index (χ1n) is 11.1. The Morgan fingerprint density at radius 3 is 2.33 bits per heavy atom. The molecule has 30 heavy (non-hydrogen) atoms. The van der Waals surface area contributed by atoms with Gasteiger partial charge in [-0.3, -0.25) is 9.59 Å². The SMILES string of the molecule is COc1ccc(COCC2(C(=O)OC3CC(C)CCC3C(C)C)C(=O)C2(C)C)cc1. The molecular formula is C25H36O5. The summed E-state index contributed by atoms with van der Waals surface area (Å²) in [5, 5.41) is 0. The van der Waals surface area contributed by atoms with E-state index in [-0.39, 0.29) is 18.5 Å². The van der Waals surface area contributed by atoms with Gasteiger partial charge in [-0.1, -0.05) is 53.2 Å². The second-order valence-corrected chi connectivity index (χ2v) is 9.97. The van der Waals surface area contributed by atoms with Crippen LogP contribution >= 0.6 is 0 Å². The van der Waals surface area contributed by atoms with E-state index in [9.17, 15) is 9.59 Å². The van der Waals surface area contributed by atoms with Crippen molar-refractivity contribution in [1.29, 1.82) is 0 Å². The molecule has 2 aliphatic rings. The molecule has 2 saturated carbocycles. The van der Waals surface area contributed by atoms with Gasteiger partial charge in [0.25, 0.3) is 0 Å². The van der Waals surface area contributed by atoms with Crippen molar-refractivity contribution in [3.05, 3.63) is 29.8 Å². The van der Waals surface area contributed by atoms with Gasteiger partial charge in [-0.2, -0.15) is 0 Å². The average molecular weight is 417 g/mol. The molecule has 166 valence electrons. The lowest BCUT2D eigenvalue weighted by molar-refractivity contribution is -0.167. The highest BCUT2D eigenvalue weighted by Gasteiger charge is 2.77. The summed E-state index contributed by atoms with van der Waals surface area (Å²) in [5.74, 6) is 1.61. The molecule has 0 aromatic heterocycles. The van der Waals surface area contributed by atoms with E-state index in [1.165, 1.54) is 0 Å². The number of carbonyl (C=O) groups is 2. The molecule has 0 saturated heterocycles. The number of benzene rings is 1. The zero-order valence-electron chi connectivity index (χ0n) is 19.2. The Labute approximate surface area is 180 Å². The Hall–Kier alpha value is -1.88. The molecule has 5 nitrogen and oxygen atoms in total. The molecule has 1 aromatic carbocycles. The van der Waals surface area contributed by atoms with Crippen molar-refractivity contribution in [1.82, 2.24) is 0 Å². The van der Waals surface area contributed by atoms with Gasteiger partial charge in [-0.25, -0.2) is 0 Å². The number of esters is 1. The lowest BCUT2D eigenvalue weighted by atomic mass is 9.75. The summed E-state index contributed by atoms with van der Waals surface area (Å²) in [7, 11) is 1.62. The van der Waals surface area contributed by atoms with Crippen LogP contribution in [-0.2, 0) is 25.7 Å². The predicted octanol–water partition coefficient (Wildman–Crippen LogP) is 4.81. The van der Waals surface area contributed by atoms with Crippen molar-refractivity contribution in [3.8, 4) is 5.75 Å². The summed E-state index contributed by atoms with van der Waals surface area (Å²) in [6, 6.07) is 7.57. The minimum Gasteiger partial charge on any atom is -0.497 e. The monoisotopic (exact) mass is 416 g/mol. The normalized spacial score (nSPS) is 30.2. The van der Waals surface area contributed by atoms with Crippen molar-refractivity contribution in [2.24, 2.45) is 28.6 Å². The van der Waals surface area contributed by atoms with Crippen molar-refractivity contribution in [2.75, 3.05) is 13.7 Å². The number of ether oxygens (including phenoxy) is 3. The lowest BCUT2D eigenvalue weighted by Crippen LogP contribution is -2.40. The van der Waals surface area contributed by atoms with Crippen molar-refractivity contribution in [2.45, 2.75) is 66.6 Å². The van der Waals surface area contributed by atoms with E-state index < -0.39 is 16.8 Å². The lowest BCUT2D eigenvalue weighted by Gasteiger charge is -2.37. The molecule has 0 amide bonds. The number of rotatable bonds is 8. The third kappa shape index (κ3) is 4.14. The first kappa shape index (κ1) is 22.8. The summed E-state index contributed by atoms with van der Waals surface area (Å²) < 4.78 is 17.1. The van der Waals surface area contributed by atoms with E-state index in [0.717, 1.165) is 30.6 Å². The summed E-state index contributed by atoms with van der Waals surface area (Å²) >= 11 is 0. The summed E-state index contributed by atoms with van der Waals surface area (Å²) in [4.78, 5) is 26.0. The summed E-state index contributed by atoms with van der Waals surface area (Å²) in [6.07, 6.45) is 2.97. The number of methoxy groups -OCH3 is 1. The third-order valence-electron chi connectivity index (χ3n) is 7.27. The van der Waals surface area contributed by atoms with E-state index in [1.807, 2.05) is 38.1 Å². The minimum atomic E-state index is -1.19. The average Bonchev–Trinajstić information content (AvgIpc) is 3.14. The number of Topliss-reactive ketones (excluding diaryl/α,β-unsaturated/α-hetero) is 1. The van der Waals surface area contributed by atoms with Crippen LogP contribution in [0.1, 0.15) is 59.4 Å². The second-order valence-electron chi connectivity index (χ2n) is 9.97. The van der Waals surface area contributed by atoms with Gasteiger partial charge in [0.2, 0.25) is 0 Å². The maximum Gasteiger partial charge on any atom is 0.323 e. The van der Waals surface area contributed by atoms with Gasteiger partial charge < -0.3 is 14.2 Å². The Kier molecular flexibility index (Phi) is 6.61. The highest BCUT2D eigenvalue weighted by atomic mass is 16.6. The van der Waals surface area contributed by atoms with Crippen LogP contribution in [0.25, 0.3) is 0 Å². The molecule has 0 bridgehead atoms. The van der Waals surface area contributed by atoms with Crippen LogP contribution in [-0.4, -0.2) is 31.6 Å². The van der Waals surface area contributed by atoms with Gasteiger partial charge >= 0.3 is 5.97 Å². The quantitative estimate of drug-likeness (QED) is 0.449. The van der Waals surface area contributed by atoms with Crippen LogP contribution in [0.3, 0.4) is 0 Å². The first-order valence-corrected chi connectivity index (χ1v) is 11.1. The van der Waals surface area contributed by atoms with Crippen LogP contribution in [0.2, 0.25) is 0 Å². The van der Waals surface area contributed by atoms with Crippen LogP contribution in [0, 0.1) is 28.6 Å². The summed E-state index contributed by atoms with van der Waals surface area (Å²) in [5.41, 5.74) is -0.981. The second kappa shape index (κ2) is 8.70. The molecule has 0 spiro atoms. The first-order chi connectivity index (χ1) is 14.1. The largest absolute Gasteiger partial charge is 0.497 e. The Balaban J connectivity index is 1.67.